The first-order valence-electron chi connectivity index (χ1n) is 6.77. The minimum absolute atomic E-state index is 0.503. The molecule has 18 heavy (non-hydrogen) atoms. The molecule has 1 aliphatic carbocycles. The van der Waals surface area contributed by atoms with Crippen molar-refractivity contribution in [3.05, 3.63) is 18.2 Å². The molecule has 3 N–H and O–H groups in total. The van der Waals surface area contributed by atoms with E-state index in [1.165, 1.54) is 38.5 Å². The Bertz CT molecular complexity index is 388. The number of rotatable bonds is 3. The molecule has 1 aliphatic rings. The van der Waals surface area contributed by atoms with Gasteiger partial charge in [0.2, 0.25) is 0 Å². The molecule has 1 saturated carbocycles. The molecule has 0 aliphatic heterocycles. The highest BCUT2D eigenvalue weighted by Gasteiger charge is 2.12. The first kappa shape index (κ1) is 12.9. The number of nitrogens with zero attached hydrogens (tertiary/aromatic N) is 3. The Morgan fingerprint density at radius 3 is 2.78 bits per heavy atom. The van der Waals surface area contributed by atoms with Gasteiger partial charge in [-0.25, -0.2) is 9.98 Å². The number of guanidine groups is 1. The van der Waals surface area contributed by atoms with Crippen molar-refractivity contribution in [2.75, 3.05) is 0 Å². The van der Waals surface area contributed by atoms with E-state index in [2.05, 4.69) is 15.3 Å². The predicted octanol–water partition coefficient (Wildman–Crippen LogP) is 1.55. The summed E-state index contributed by atoms with van der Waals surface area (Å²) in [5.41, 5.74) is 7.00. The molecule has 0 spiro atoms. The Hall–Kier alpha value is -1.52. The van der Waals surface area contributed by atoms with Crippen molar-refractivity contribution in [1.29, 1.82) is 0 Å². The Kier molecular flexibility index (Phi) is 4.61. The average Bonchev–Trinajstić information content (AvgIpc) is 2.61. The fourth-order valence-electron chi connectivity index (χ4n) is 2.38. The Morgan fingerprint density at radius 1 is 1.44 bits per heavy atom. The number of imidazole rings is 1. The molecule has 1 fully saturated rings. The molecule has 0 unspecified atom stereocenters. The minimum Gasteiger partial charge on any atom is -0.370 e. The van der Waals surface area contributed by atoms with Crippen LogP contribution in [0.5, 0.6) is 0 Å². The number of aliphatic imine (C=N–C) groups is 1. The number of nitrogens with one attached hydrogen (secondary N) is 1. The Balaban J connectivity index is 1.83. The molecule has 0 aromatic carbocycles. The molecule has 2 rings (SSSR count). The van der Waals surface area contributed by atoms with E-state index < -0.39 is 0 Å². The molecule has 100 valence electrons. The highest BCUT2D eigenvalue weighted by Crippen LogP contribution is 2.16. The summed E-state index contributed by atoms with van der Waals surface area (Å²) in [7, 11) is 1.97. The van der Waals surface area contributed by atoms with Gasteiger partial charge in [0.1, 0.15) is 0 Å². The minimum atomic E-state index is 0.503. The summed E-state index contributed by atoms with van der Waals surface area (Å²) >= 11 is 0. The van der Waals surface area contributed by atoms with Crippen LogP contribution in [0.3, 0.4) is 0 Å². The molecule has 5 nitrogen and oxygen atoms in total. The number of aryl methyl sites for hydroxylation is 1. The highest BCUT2D eigenvalue weighted by atomic mass is 15.1. The van der Waals surface area contributed by atoms with Crippen LogP contribution in [0.1, 0.15) is 44.2 Å². The summed E-state index contributed by atoms with van der Waals surface area (Å²) in [6.45, 7) is 0.585. The van der Waals surface area contributed by atoms with Gasteiger partial charge >= 0.3 is 0 Å². The third kappa shape index (κ3) is 3.75. The third-order valence-corrected chi connectivity index (χ3v) is 3.54. The molecular formula is C13H23N5. The second-order valence-corrected chi connectivity index (χ2v) is 5.03. The zero-order chi connectivity index (χ0) is 12.8. The van der Waals surface area contributed by atoms with Crippen LogP contribution in [0.25, 0.3) is 0 Å². The lowest BCUT2D eigenvalue weighted by molar-refractivity contribution is 0.530. The van der Waals surface area contributed by atoms with Crippen molar-refractivity contribution in [3.63, 3.8) is 0 Å². The van der Waals surface area contributed by atoms with Crippen LogP contribution in [-0.2, 0) is 13.6 Å². The molecule has 1 aromatic heterocycles. The van der Waals surface area contributed by atoms with E-state index >= 15 is 0 Å². The summed E-state index contributed by atoms with van der Waals surface area (Å²) in [5, 5.41) is 3.34. The maximum absolute atomic E-state index is 5.93. The summed E-state index contributed by atoms with van der Waals surface area (Å²) in [4.78, 5) is 8.43. The summed E-state index contributed by atoms with van der Waals surface area (Å²) in [6, 6.07) is 0.503. The van der Waals surface area contributed by atoms with Crippen LogP contribution >= 0.6 is 0 Å². The van der Waals surface area contributed by atoms with Gasteiger partial charge in [0.25, 0.3) is 0 Å². The molecule has 1 aromatic rings. The van der Waals surface area contributed by atoms with Crippen molar-refractivity contribution in [2.45, 2.75) is 51.1 Å². The van der Waals surface area contributed by atoms with Crippen molar-refractivity contribution in [1.82, 2.24) is 14.9 Å². The average molecular weight is 249 g/mol. The first-order valence-corrected chi connectivity index (χ1v) is 6.77. The standard InChI is InChI=1S/C13H23N5/c1-18-10-15-8-12(18)9-16-13(14)17-11-6-4-2-3-5-7-11/h8,10-11H,2-7,9H2,1H3,(H3,14,16,17). The maximum atomic E-state index is 5.93. The fourth-order valence-corrected chi connectivity index (χ4v) is 2.38. The predicted molar refractivity (Wildman–Crippen MR) is 73.2 cm³/mol. The molecule has 0 saturated heterocycles. The quantitative estimate of drug-likeness (QED) is 0.485. The van der Waals surface area contributed by atoms with Crippen molar-refractivity contribution in [3.8, 4) is 0 Å². The number of aromatic nitrogens is 2. The zero-order valence-corrected chi connectivity index (χ0v) is 11.1. The normalized spacial score (nSPS) is 18.6. The first-order chi connectivity index (χ1) is 8.75. The van der Waals surface area contributed by atoms with Gasteiger partial charge in [-0.1, -0.05) is 25.7 Å². The molecule has 0 bridgehead atoms. The number of hydrogen-bond acceptors (Lipinski definition) is 2. The lowest BCUT2D eigenvalue weighted by Crippen LogP contribution is -2.39. The van der Waals surface area contributed by atoms with Gasteiger partial charge in [-0.3, -0.25) is 0 Å². The van der Waals surface area contributed by atoms with Gasteiger partial charge in [-0.2, -0.15) is 0 Å². The molecule has 0 amide bonds. The lowest BCUT2D eigenvalue weighted by atomic mass is 10.1. The maximum Gasteiger partial charge on any atom is 0.189 e. The molecule has 5 heteroatoms. The SMILES string of the molecule is Cn1cncc1CN=C(N)NC1CCCCCC1. The van der Waals surface area contributed by atoms with Crippen molar-refractivity contribution >= 4 is 5.96 Å². The van der Waals surface area contributed by atoms with Gasteiger partial charge in [-0.15, -0.1) is 0 Å². The molecule has 0 atom stereocenters. The van der Waals surface area contributed by atoms with E-state index in [0.717, 1.165) is 5.69 Å². The van der Waals surface area contributed by atoms with E-state index in [4.69, 9.17) is 5.73 Å². The van der Waals surface area contributed by atoms with E-state index in [9.17, 15) is 0 Å². The number of nitrogens with two attached hydrogens (primary N) is 1. The van der Waals surface area contributed by atoms with E-state index in [1.54, 1.807) is 6.33 Å². The fraction of sp³-hybridized carbons (Fsp3) is 0.692. The van der Waals surface area contributed by atoms with Crippen LogP contribution < -0.4 is 11.1 Å². The molecule has 0 radical (unpaired) electrons. The summed E-state index contributed by atoms with van der Waals surface area (Å²) in [5.74, 6) is 0.558. The van der Waals surface area contributed by atoms with Gasteiger partial charge in [-0.05, 0) is 12.8 Å². The van der Waals surface area contributed by atoms with Crippen LogP contribution in [0.15, 0.2) is 17.5 Å². The third-order valence-electron chi connectivity index (χ3n) is 3.54. The van der Waals surface area contributed by atoms with Gasteiger partial charge in [0, 0.05) is 13.1 Å². The Morgan fingerprint density at radius 2 is 2.17 bits per heavy atom. The molecule has 1 heterocycles. The zero-order valence-electron chi connectivity index (χ0n) is 11.1. The molecular weight excluding hydrogens is 226 g/mol. The van der Waals surface area contributed by atoms with Gasteiger partial charge < -0.3 is 15.6 Å². The van der Waals surface area contributed by atoms with Crippen LogP contribution in [0.2, 0.25) is 0 Å². The number of hydrogen-bond donors (Lipinski definition) is 2. The van der Waals surface area contributed by atoms with Gasteiger partial charge in [0.15, 0.2) is 5.96 Å². The van der Waals surface area contributed by atoms with E-state index in [-0.39, 0.29) is 0 Å². The lowest BCUT2D eigenvalue weighted by Gasteiger charge is -2.16. The summed E-state index contributed by atoms with van der Waals surface area (Å²) < 4.78 is 1.96. The summed E-state index contributed by atoms with van der Waals surface area (Å²) in [6.07, 6.45) is 11.3. The smallest absolute Gasteiger partial charge is 0.189 e. The van der Waals surface area contributed by atoms with Crippen LogP contribution in [0.4, 0.5) is 0 Å². The Labute approximate surface area is 108 Å². The second kappa shape index (κ2) is 6.42. The topological polar surface area (TPSA) is 68.2 Å². The van der Waals surface area contributed by atoms with Gasteiger partial charge in [0.05, 0.1) is 24.8 Å². The van der Waals surface area contributed by atoms with E-state index in [1.807, 2.05) is 17.8 Å². The largest absolute Gasteiger partial charge is 0.370 e. The van der Waals surface area contributed by atoms with Crippen molar-refractivity contribution in [2.24, 2.45) is 17.8 Å². The van der Waals surface area contributed by atoms with E-state index in [0.29, 0.717) is 18.5 Å². The van der Waals surface area contributed by atoms with Crippen molar-refractivity contribution < 1.29 is 0 Å². The van der Waals surface area contributed by atoms with Crippen LogP contribution in [-0.4, -0.2) is 21.6 Å². The second-order valence-electron chi connectivity index (χ2n) is 5.03. The monoisotopic (exact) mass is 249 g/mol. The highest BCUT2D eigenvalue weighted by molar-refractivity contribution is 5.78. The van der Waals surface area contributed by atoms with Crippen LogP contribution in [0, 0.1) is 0 Å².